The van der Waals surface area contributed by atoms with Crippen LogP contribution in [0.5, 0.6) is 0 Å². The molecule has 0 rings (SSSR count). The van der Waals surface area contributed by atoms with Crippen LogP contribution in [0.3, 0.4) is 0 Å². The van der Waals surface area contributed by atoms with Crippen LogP contribution in [0.2, 0.25) is 0 Å². The molecule has 0 bridgehead atoms. The molecule has 0 fully saturated rings. The van der Waals surface area contributed by atoms with E-state index < -0.39 is 0 Å². The Kier molecular flexibility index (Phi) is 7.51. The van der Waals surface area contributed by atoms with E-state index in [4.69, 9.17) is 4.74 Å². The Morgan fingerprint density at radius 1 is 1.25 bits per heavy atom. The number of ether oxygens (including phenoxy) is 1. The Bertz CT molecular complexity index is 93.8. The minimum absolute atomic E-state index is 0.408. The van der Waals surface area contributed by atoms with Gasteiger partial charge in [-0.25, -0.2) is 0 Å². The molecule has 1 atom stereocenters. The van der Waals surface area contributed by atoms with Gasteiger partial charge in [0.1, 0.15) is 0 Å². The van der Waals surface area contributed by atoms with Gasteiger partial charge in [-0.1, -0.05) is 20.8 Å². The van der Waals surface area contributed by atoms with Crippen molar-refractivity contribution in [3.8, 4) is 0 Å². The van der Waals surface area contributed by atoms with Gasteiger partial charge in [0.15, 0.2) is 0 Å². The van der Waals surface area contributed by atoms with Crippen molar-refractivity contribution in [2.45, 2.75) is 40.2 Å². The number of hydrogen-bond donors (Lipinski definition) is 1. The number of rotatable bonds is 7. The van der Waals surface area contributed by atoms with Crippen LogP contribution in [0.4, 0.5) is 0 Å². The van der Waals surface area contributed by atoms with E-state index in [0.29, 0.717) is 6.10 Å². The Hall–Kier alpha value is -0.0800. The summed E-state index contributed by atoms with van der Waals surface area (Å²) in [5, 5.41) is 3.34. The smallest absolute Gasteiger partial charge is 0.0594 e. The van der Waals surface area contributed by atoms with Crippen LogP contribution >= 0.6 is 0 Å². The lowest BCUT2D eigenvalue weighted by Crippen LogP contribution is -2.25. The fraction of sp³-hybridized carbons (Fsp3) is 1.00. The zero-order valence-corrected chi connectivity index (χ0v) is 8.89. The maximum atomic E-state index is 5.51. The quantitative estimate of drug-likeness (QED) is 0.595. The zero-order valence-electron chi connectivity index (χ0n) is 8.89. The van der Waals surface area contributed by atoms with Crippen LogP contribution in [-0.4, -0.2) is 25.8 Å². The Morgan fingerprint density at radius 3 is 2.42 bits per heavy atom. The summed E-state index contributed by atoms with van der Waals surface area (Å²) in [6.07, 6.45) is 1.51. The lowest BCUT2D eigenvalue weighted by molar-refractivity contribution is 0.0654. The van der Waals surface area contributed by atoms with E-state index in [2.05, 4.69) is 33.0 Å². The van der Waals surface area contributed by atoms with Crippen molar-refractivity contribution in [2.24, 2.45) is 5.92 Å². The van der Waals surface area contributed by atoms with Crippen molar-refractivity contribution in [3.05, 3.63) is 0 Å². The van der Waals surface area contributed by atoms with Crippen molar-refractivity contribution in [1.29, 1.82) is 0 Å². The van der Waals surface area contributed by atoms with Crippen LogP contribution in [0, 0.1) is 5.92 Å². The van der Waals surface area contributed by atoms with E-state index in [9.17, 15) is 0 Å². The minimum Gasteiger partial charge on any atom is -0.377 e. The molecule has 12 heavy (non-hydrogen) atoms. The standard InChI is InChI=1S/C10H23NO/c1-5-10(4)12-7-6-11-8-9(2)3/h9-11H,5-8H2,1-4H3. The summed E-state index contributed by atoms with van der Waals surface area (Å²) in [6.45, 7) is 11.6. The van der Waals surface area contributed by atoms with Crippen molar-refractivity contribution in [1.82, 2.24) is 5.32 Å². The third kappa shape index (κ3) is 8.02. The summed E-state index contributed by atoms with van der Waals surface area (Å²) < 4.78 is 5.51. The zero-order chi connectivity index (χ0) is 9.40. The van der Waals surface area contributed by atoms with Gasteiger partial charge in [0.05, 0.1) is 12.7 Å². The molecule has 0 aromatic carbocycles. The molecule has 0 spiro atoms. The lowest BCUT2D eigenvalue weighted by atomic mass is 10.2. The van der Waals surface area contributed by atoms with E-state index in [1.807, 2.05) is 0 Å². The normalized spacial score (nSPS) is 13.8. The summed E-state index contributed by atoms with van der Waals surface area (Å²) in [7, 11) is 0. The fourth-order valence-electron chi connectivity index (χ4n) is 0.841. The topological polar surface area (TPSA) is 21.3 Å². The summed E-state index contributed by atoms with van der Waals surface area (Å²) >= 11 is 0. The van der Waals surface area contributed by atoms with E-state index in [1.54, 1.807) is 0 Å². The first-order chi connectivity index (χ1) is 5.66. The molecule has 0 aliphatic heterocycles. The molecule has 74 valence electrons. The van der Waals surface area contributed by atoms with Gasteiger partial charge >= 0.3 is 0 Å². The molecule has 1 N–H and O–H groups in total. The Balaban J connectivity index is 3.00. The average molecular weight is 173 g/mol. The van der Waals surface area contributed by atoms with Crippen molar-refractivity contribution >= 4 is 0 Å². The molecule has 2 heteroatoms. The molecule has 1 unspecified atom stereocenters. The predicted octanol–water partition coefficient (Wildman–Crippen LogP) is 2.05. The molecule has 2 nitrogen and oxygen atoms in total. The molecule has 0 heterocycles. The van der Waals surface area contributed by atoms with Gasteiger partial charge in [-0.05, 0) is 25.8 Å². The van der Waals surface area contributed by atoms with E-state index >= 15 is 0 Å². The molecule has 0 radical (unpaired) electrons. The highest BCUT2D eigenvalue weighted by molar-refractivity contribution is 4.51. The summed E-state index contributed by atoms with van der Waals surface area (Å²) in [5.41, 5.74) is 0. The first-order valence-electron chi connectivity index (χ1n) is 4.99. The summed E-state index contributed by atoms with van der Waals surface area (Å²) in [4.78, 5) is 0. The third-order valence-corrected chi connectivity index (χ3v) is 1.81. The van der Waals surface area contributed by atoms with E-state index in [1.165, 1.54) is 0 Å². The van der Waals surface area contributed by atoms with Gasteiger partial charge in [0, 0.05) is 6.54 Å². The van der Waals surface area contributed by atoms with Gasteiger partial charge in [-0.2, -0.15) is 0 Å². The number of hydrogen-bond acceptors (Lipinski definition) is 2. The molecule has 0 aliphatic rings. The molecular formula is C10H23NO. The SMILES string of the molecule is CCC(C)OCCNCC(C)C. The molecular weight excluding hydrogens is 150 g/mol. The largest absolute Gasteiger partial charge is 0.377 e. The Labute approximate surface area is 76.7 Å². The van der Waals surface area contributed by atoms with Crippen LogP contribution in [0.15, 0.2) is 0 Å². The average Bonchev–Trinajstić information content (AvgIpc) is 2.03. The van der Waals surface area contributed by atoms with Crippen LogP contribution in [0.25, 0.3) is 0 Å². The first kappa shape index (κ1) is 11.9. The Morgan fingerprint density at radius 2 is 1.92 bits per heavy atom. The summed E-state index contributed by atoms with van der Waals surface area (Å²) in [6, 6.07) is 0. The highest BCUT2D eigenvalue weighted by Crippen LogP contribution is 1.94. The van der Waals surface area contributed by atoms with Crippen LogP contribution in [-0.2, 0) is 4.74 Å². The van der Waals surface area contributed by atoms with E-state index in [0.717, 1.165) is 32.0 Å². The highest BCUT2D eigenvalue weighted by atomic mass is 16.5. The fourth-order valence-corrected chi connectivity index (χ4v) is 0.841. The molecule has 0 aromatic rings. The third-order valence-electron chi connectivity index (χ3n) is 1.81. The summed E-state index contributed by atoms with van der Waals surface area (Å²) in [5.74, 6) is 0.730. The van der Waals surface area contributed by atoms with Crippen molar-refractivity contribution in [2.75, 3.05) is 19.7 Å². The lowest BCUT2D eigenvalue weighted by Gasteiger charge is -2.11. The first-order valence-corrected chi connectivity index (χ1v) is 4.99. The second-order valence-electron chi connectivity index (χ2n) is 3.69. The minimum atomic E-state index is 0.408. The van der Waals surface area contributed by atoms with E-state index in [-0.39, 0.29) is 0 Å². The predicted molar refractivity (Wildman–Crippen MR) is 53.4 cm³/mol. The molecule has 0 saturated carbocycles. The van der Waals surface area contributed by atoms with Gasteiger partial charge < -0.3 is 10.1 Å². The van der Waals surface area contributed by atoms with Gasteiger partial charge in [0.2, 0.25) is 0 Å². The monoisotopic (exact) mass is 173 g/mol. The second kappa shape index (κ2) is 7.56. The second-order valence-corrected chi connectivity index (χ2v) is 3.69. The molecule has 0 saturated heterocycles. The van der Waals surface area contributed by atoms with Crippen LogP contribution < -0.4 is 5.32 Å². The number of nitrogens with one attached hydrogen (secondary N) is 1. The van der Waals surface area contributed by atoms with Crippen LogP contribution in [0.1, 0.15) is 34.1 Å². The van der Waals surface area contributed by atoms with Gasteiger partial charge in [-0.3, -0.25) is 0 Å². The molecule has 0 aromatic heterocycles. The van der Waals surface area contributed by atoms with Crippen molar-refractivity contribution < 1.29 is 4.74 Å². The van der Waals surface area contributed by atoms with Gasteiger partial charge in [-0.15, -0.1) is 0 Å². The maximum Gasteiger partial charge on any atom is 0.0594 e. The van der Waals surface area contributed by atoms with Gasteiger partial charge in [0.25, 0.3) is 0 Å². The maximum absolute atomic E-state index is 5.51. The molecule has 0 aliphatic carbocycles. The van der Waals surface area contributed by atoms with Crippen molar-refractivity contribution in [3.63, 3.8) is 0 Å². The molecule has 0 amide bonds. The highest BCUT2D eigenvalue weighted by Gasteiger charge is 1.97.